The first-order valence-corrected chi connectivity index (χ1v) is 8.16. The average molecular weight is 312 g/mol. The van der Waals surface area contributed by atoms with E-state index in [0.717, 1.165) is 42.3 Å². The standard InChI is InChI=1S/C18H24N4O/c1-13-10-17(18(23)21-9-8-19-11-14(21)2)15(3)22(13)12-16-6-4-5-7-20-16/h4-7,10,14,19H,8-9,11-12H2,1-3H3/t14-/m0/s1. The molecule has 0 aliphatic carbocycles. The summed E-state index contributed by atoms with van der Waals surface area (Å²) >= 11 is 0. The Morgan fingerprint density at radius 1 is 1.39 bits per heavy atom. The number of carbonyl (C=O) groups is 1. The molecule has 1 fully saturated rings. The molecule has 1 N–H and O–H groups in total. The van der Waals surface area contributed by atoms with Crippen LogP contribution in [0, 0.1) is 13.8 Å². The fourth-order valence-electron chi connectivity index (χ4n) is 3.21. The highest BCUT2D eigenvalue weighted by Gasteiger charge is 2.26. The molecule has 0 radical (unpaired) electrons. The molecule has 0 unspecified atom stereocenters. The predicted octanol–water partition coefficient (Wildman–Crippen LogP) is 1.98. The van der Waals surface area contributed by atoms with Crippen molar-refractivity contribution in [1.29, 1.82) is 0 Å². The van der Waals surface area contributed by atoms with Crippen LogP contribution in [-0.2, 0) is 6.54 Å². The summed E-state index contributed by atoms with van der Waals surface area (Å²) < 4.78 is 2.17. The third-order valence-electron chi connectivity index (χ3n) is 4.61. The molecule has 122 valence electrons. The van der Waals surface area contributed by atoms with Crippen molar-refractivity contribution in [3.05, 3.63) is 53.1 Å². The molecular weight excluding hydrogens is 288 g/mol. The topological polar surface area (TPSA) is 50.2 Å². The lowest BCUT2D eigenvalue weighted by Crippen LogP contribution is -2.52. The van der Waals surface area contributed by atoms with Crippen LogP contribution in [0.2, 0.25) is 0 Å². The van der Waals surface area contributed by atoms with Crippen LogP contribution >= 0.6 is 0 Å². The van der Waals surface area contributed by atoms with Gasteiger partial charge < -0.3 is 14.8 Å². The normalized spacial score (nSPS) is 18.2. The number of hydrogen-bond donors (Lipinski definition) is 1. The zero-order valence-corrected chi connectivity index (χ0v) is 14.0. The summed E-state index contributed by atoms with van der Waals surface area (Å²) in [7, 11) is 0. The molecule has 1 saturated heterocycles. The number of aryl methyl sites for hydroxylation is 1. The van der Waals surface area contributed by atoms with Crippen molar-refractivity contribution < 1.29 is 4.79 Å². The van der Waals surface area contributed by atoms with Gasteiger partial charge in [-0.1, -0.05) is 6.07 Å². The fourth-order valence-corrected chi connectivity index (χ4v) is 3.21. The van der Waals surface area contributed by atoms with Crippen molar-refractivity contribution in [2.24, 2.45) is 0 Å². The molecule has 1 amide bonds. The van der Waals surface area contributed by atoms with Crippen molar-refractivity contribution in [1.82, 2.24) is 19.8 Å². The molecule has 1 aliphatic heterocycles. The van der Waals surface area contributed by atoms with Crippen molar-refractivity contribution in [2.45, 2.75) is 33.4 Å². The van der Waals surface area contributed by atoms with Crippen LogP contribution in [-0.4, -0.2) is 46.0 Å². The Kier molecular flexibility index (Phi) is 4.48. The third-order valence-corrected chi connectivity index (χ3v) is 4.61. The average Bonchev–Trinajstić information content (AvgIpc) is 2.84. The SMILES string of the molecule is Cc1cc(C(=O)N2CCNC[C@@H]2C)c(C)n1Cc1ccccn1. The Hall–Kier alpha value is -2.14. The second kappa shape index (κ2) is 6.54. The smallest absolute Gasteiger partial charge is 0.256 e. The molecule has 0 bridgehead atoms. The number of aromatic nitrogens is 2. The van der Waals surface area contributed by atoms with Crippen LogP contribution < -0.4 is 5.32 Å². The summed E-state index contributed by atoms with van der Waals surface area (Å²) in [5, 5.41) is 3.33. The number of amides is 1. The van der Waals surface area contributed by atoms with Gasteiger partial charge in [-0.05, 0) is 39.0 Å². The number of carbonyl (C=O) groups excluding carboxylic acids is 1. The molecular formula is C18H24N4O. The predicted molar refractivity (Wildman–Crippen MR) is 90.6 cm³/mol. The van der Waals surface area contributed by atoms with Crippen molar-refractivity contribution >= 4 is 5.91 Å². The fraction of sp³-hybridized carbons (Fsp3) is 0.444. The first kappa shape index (κ1) is 15.7. The van der Waals surface area contributed by atoms with Gasteiger partial charge in [0.2, 0.25) is 0 Å². The minimum Gasteiger partial charge on any atom is -0.342 e. The van der Waals surface area contributed by atoms with Gasteiger partial charge in [0.25, 0.3) is 5.91 Å². The number of hydrogen-bond acceptors (Lipinski definition) is 3. The van der Waals surface area contributed by atoms with Gasteiger partial charge in [0.1, 0.15) is 0 Å². The second-order valence-corrected chi connectivity index (χ2v) is 6.24. The summed E-state index contributed by atoms with van der Waals surface area (Å²) in [6.07, 6.45) is 1.80. The maximum atomic E-state index is 12.9. The largest absolute Gasteiger partial charge is 0.342 e. The zero-order chi connectivity index (χ0) is 16.4. The molecule has 23 heavy (non-hydrogen) atoms. The summed E-state index contributed by atoms with van der Waals surface area (Å²) in [4.78, 5) is 19.3. The Morgan fingerprint density at radius 2 is 2.22 bits per heavy atom. The summed E-state index contributed by atoms with van der Waals surface area (Å²) in [6.45, 7) is 9.36. The van der Waals surface area contributed by atoms with Crippen molar-refractivity contribution in [3.8, 4) is 0 Å². The van der Waals surface area contributed by atoms with E-state index < -0.39 is 0 Å². The van der Waals surface area contributed by atoms with Gasteiger partial charge in [-0.15, -0.1) is 0 Å². The molecule has 3 rings (SSSR count). The highest BCUT2D eigenvalue weighted by molar-refractivity contribution is 5.96. The van der Waals surface area contributed by atoms with Gasteiger partial charge in [0.15, 0.2) is 0 Å². The van der Waals surface area contributed by atoms with Gasteiger partial charge in [-0.25, -0.2) is 0 Å². The summed E-state index contributed by atoms with van der Waals surface area (Å²) in [5.74, 6) is 0.138. The van der Waals surface area contributed by atoms with Crippen LogP contribution in [0.5, 0.6) is 0 Å². The molecule has 2 aromatic heterocycles. The van der Waals surface area contributed by atoms with E-state index in [9.17, 15) is 4.79 Å². The molecule has 0 spiro atoms. The van der Waals surface area contributed by atoms with Gasteiger partial charge in [-0.2, -0.15) is 0 Å². The zero-order valence-electron chi connectivity index (χ0n) is 14.0. The van der Waals surface area contributed by atoms with Gasteiger partial charge in [0.05, 0.1) is 17.8 Å². The molecule has 5 heteroatoms. The minimum absolute atomic E-state index is 0.138. The molecule has 5 nitrogen and oxygen atoms in total. The van der Waals surface area contributed by atoms with Crippen LogP contribution in [0.1, 0.15) is 34.4 Å². The van der Waals surface area contributed by atoms with E-state index in [1.807, 2.05) is 43.0 Å². The quantitative estimate of drug-likeness (QED) is 0.943. The molecule has 1 atom stereocenters. The highest BCUT2D eigenvalue weighted by atomic mass is 16.2. The lowest BCUT2D eigenvalue weighted by molar-refractivity contribution is 0.0655. The van der Waals surface area contributed by atoms with E-state index in [0.29, 0.717) is 6.54 Å². The van der Waals surface area contributed by atoms with Crippen LogP contribution in [0.15, 0.2) is 30.5 Å². The van der Waals surface area contributed by atoms with Crippen molar-refractivity contribution in [2.75, 3.05) is 19.6 Å². The first-order valence-electron chi connectivity index (χ1n) is 8.16. The summed E-state index contributed by atoms with van der Waals surface area (Å²) in [5.41, 5.74) is 3.93. The number of nitrogens with zero attached hydrogens (tertiary/aromatic N) is 3. The number of nitrogens with one attached hydrogen (secondary N) is 1. The molecule has 1 aliphatic rings. The number of rotatable bonds is 3. The number of pyridine rings is 1. The van der Waals surface area contributed by atoms with E-state index in [4.69, 9.17) is 0 Å². The van der Waals surface area contributed by atoms with E-state index >= 15 is 0 Å². The maximum Gasteiger partial charge on any atom is 0.256 e. The highest BCUT2D eigenvalue weighted by Crippen LogP contribution is 2.20. The van der Waals surface area contributed by atoms with E-state index in [2.05, 4.69) is 21.8 Å². The lowest BCUT2D eigenvalue weighted by atomic mass is 10.1. The van der Waals surface area contributed by atoms with Gasteiger partial charge >= 0.3 is 0 Å². The Bertz CT molecular complexity index is 693. The summed E-state index contributed by atoms with van der Waals surface area (Å²) in [6, 6.07) is 8.16. The molecule has 0 aromatic carbocycles. The number of piperazine rings is 1. The minimum atomic E-state index is 0.138. The van der Waals surface area contributed by atoms with E-state index in [1.165, 1.54) is 0 Å². The molecule has 3 heterocycles. The Balaban J connectivity index is 1.86. The Morgan fingerprint density at radius 3 is 2.91 bits per heavy atom. The maximum absolute atomic E-state index is 12.9. The third kappa shape index (κ3) is 3.15. The van der Waals surface area contributed by atoms with Crippen LogP contribution in [0.3, 0.4) is 0 Å². The van der Waals surface area contributed by atoms with Gasteiger partial charge in [0, 0.05) is 43.3 Å². The first-order chi connectivity index (χ1) is 11.1. The van der Waals surface area contributed by atoms with Crippen LogP contribution in [0.4, 0.5) is 0 Å². The lowest BCUT2D eigenvalue weighted by Gasteiger charge is -2.34. The van der Waals surface area contributed by atoms with E-state index in [1.54, 1.807) is 6.20 Å². The molecule has 0 saturated carbocycles. The van der Waals surface area contributed by atoms with Crippen LogP contribution in [0.25, 0.3) is 0 Å². The second-order valence-electron chi connectivity index (χ2n) is 6.24. The molecule has 2 aromatic rings. The Labute approximate surface area is 137 Å². The van der Waals surface area contributed by atoms with E-state index in [-0.39, 0.29) is 11.9 Å². The monoisotopic (exact) mass is 312 g/mol. The van der Waals surface area contributed by atoms with Gasteiger partial charge in [-0.3, -0.25) is 9.78 Å². The van der Waals surface area contributed by atoms with Crippen molar-refractivity contribution in [3.63, 3.8) is 0 Å².